The van der Waals surface area contributed by atoms with E-state index in [1.165, 1.54) is 11.8 Å². The van der Waals surface area contributed by atoms with Crippen LogP contribution in [0.1, 0.15) is 11.1 Å². The Morgan fingerprint density at radius 3 is 2.33 bits per heavy atom. The van der Waals surface area contributed by atoms with Gasteiger partial charge in [-0.05, 0) is 44.3 Å². The standard InChI is InChI=1S/C16H19NO3S/c1-12-4-9-16(13(10-12)11-17-2)20-14-5-7-15(8-6-14)21(3,18)19/h4-10,17H,11H2,1-3H3. The van der Waals surface area contributed by atoms with Crippen molar-refractivity contribution in [3.63, 3.8) is 0 Å². The van der Waals surface area contributed by atoms with Crippen molar-refractivity contribution in [1.29, 1.82) is 0 Å². The van der Waals surface area contributed by atoms with E-state index in [9.17, 15) is 8.42 Å². The van der Waals surface area contributed by atoms with Gasteiger partial charge in [-0.1, -0.05) is 17.7 Å². The molecule has 0 radical (unpaired) electrons. The van der Waals surface area contributed by atoms with Crippen molar-refractivity contribution in [2.45, 2.75) is 18.4 Å². The summed E-state index contributed by atoms with van der Waals surface area (Å²) in [5.74, 6) is 1.38. The zero-order valence-corrected chi connectivity index (χ0v) is 13.2. The Balaban J connectivity index is 2.26. The van der Waals surface area contributed by atoms with E-state index in [1.807, 2.05) is 26.1 Å². The van der Waals surface area contributed by atoms with Crippen LogP contribution < -0.4 is 10.1 Å². The van der Waals surface area contributed by atoms with Crippen molar-refractivity contribution in [2.75, 3.05) is 13.3 Å². The number of benzene rings is 2. The third-order valence-electron chi connectivity index (χ3n) is 3.06. The lowest BCUT2D eigenvalue weighted by Crippen LogP contribution is -2.06. The first kappa shape index (κ1) is 15.5. The quantitative estimate of drug-likeness (QED) is 0.923. The molecule has 0 amide bonds. The summed E-state index contributed by atoms with van der Waals surface area (Å²) < 4.78 is 28.7. The minimum atomic E-state index is -3.18. The Morgan fingerprint density at radius 1 is 1.10 bits per heavy atom. The predicted molar refractivity (Wildman–Crippen MR) is 83.6 cm³/mol. The number of rotatable bonds is 5. The van der Waals surface area contributed by atoms with Crippen molar-refractivity contribution in [1.82, 2.24) is 5.32 Å². The smallest absolute Gasteiger partial charge is 0.175 e. The van der Waals surface area contributed by atoms with Gasteiger partial charge in [0.25, 0.3) is 0 Å². The summed E-state index contributed by atoms with van der Waals surface area (Å²) in [6, 6.07) is 12.4. The fourth-order valence-electron chi connectivity index (χ4n) is 2.02. The number of sulfone groups is 1. The lowest BCUT2D eigenvalue weighted by Gasteiger charge is -2.12. The number of aryl methyl sites for hydroxylation is 1. The Morgan fingerprint density at radius 2 is 1.76 bits per heavy atom. The molecule has 1 N–H and O–H groups in total. The zero-order valence-electron chi connectivity index (χ0n) is 12.4. The normalized spacial score (nSPS) is 11.4. The largest absolute Gasteiger partial charge is 0.457 e. The highest BCUT2D eigenvalue weighted by molar-refractivity contribution is 7.90. The van der Waals surface area contributed by atoms with Crippen molar-refractivity contribution in [2.24, 2.45) is 0 Å². The van der Waals surface area contributed by atoms with E-state index in [-0.39, 0.29) is 4.90 Å². The molecule has 0 aliphatic heterocycles. The average molecular weight is 305 g/mol. The summed E-state index contributed by atoms with van der Waals surface area (Å²) >= 11 is 0. The van der Waals surface area contributed by atoms with Crippen LogP contribution >= 0.6 is 0 Å². The summed E-state index contributed by atoms with van der Waals surface area (Å²) in [5, 5.41) is 3.11. The van der Waals surface area contributed by atoms with Gasteiger partial charge in [0.2, 0.25) is 0 Å². The van der Waals surface area contributed by atoms with E-state index in [2.05, 4.69) is 11.4 Å². The Kier molecular flexibility index (Phi) is 4.65. The maximum absolute atomic E-state index is 11.4. The summed E-state index contributed by atoms with van der Waals surface area (Å²) in [6.45, 7) is 2.74. The van der Waals surface area contributed by atoms with Crippen molar-refractivity contribution in [3.8, 4) is 11.5 Å². The second-order valence-corrected chi connectivity index (χ2v) is 7.00. The minimum Gasteiger partial charge on any atom is -0.457 e. The van der Waals surface area contributed by atoms with Crippen molar-refractivity contribution in [3.05, 3.63) is 53.6 Å². The fourth-order valence-corrected chi connectivity index (χ4v) is 2.65. The molecule has 112 valence electrons. The van der Waals surface area contributed by atoms with Gasteiger partial charge in [-0.2, -0.15) is 0 Å². The first-order valence-electron chi connectivity index (χ1n) is 6.62. The molecule has 0 fully saturated rings. The molecule has 21 heavy (non-hydrogen) atoms. The fraction of sp³-hybridized carbons (Fsp3) is 0.250. The van der Waals surface area contributed by atoms with Crippen LogP contribution in [-0.4, -0.2) is 21.7 Å². The second-order valence-electron chi connectivity index (χ2n) is 4.99. The molecule has 2 rings (SSSR count). The summed E-state index contributed by atoms with van der Waals surface area (Å²) in [5.41, 5.74) is 2.23. The maximum Gasteiger partial charge on any atom is 0.175 e. The topological polar surface area (TPSA) is 55.4 Å². The molecule has 0 spiro atoms. The van der Waals surface area contributed by atoms with Crippen LogP contribution in [0, 0.1) is 6.92 Å². The summed E-state index contributed by atoms with van der Waals surface area (Å²) in [6.07, 6.45) is 1.19. The molecule has 0 saturated heterocycles. The van der Waals surface area contributed by atoms with Gasteiger partial charge in [0.1, 0.15) is 11.5 Å². The van der Waals surface area contributed by atoms with E-state index in [0.29, 0.717) is 12.3 Å². The lowest BCUT2D eigenvalue weighted by atomic mass is 10.1. The first-order valence-corrected chi connectivity index (χ1v) is 8.51. The van der Waals surface area contributed by atoms with Gasteiger partial charge >= 0.3 is 0 Å². The molecule has 0 saturated carbocycles. The third-order valence-corrected chi connectivity index (χ3v) is 4.19. The monoisotopic (exact) mass is 305 g/mol. The molecular weight excluding hydrogens is 286 g/mol. The van der Waals surface area contributed by atoms with E-state index >= 15 is 0 Å². The Bertz CT molecular complexity index is 722. The minimum absolute atomic E-state index is 0.286. The highest BCUT2D eigenvalue weighted by Crippen LogP contribution is 2.27. The SMILES string of the molecule is CNCc1cc(C)ccc1Oc1ccc(S(C)(=O)=O)cc1. The van der Waals surface area contributed by atoms with Crippen LogP contribution in [0.25, 0.3) is 0 Å². The number of nitrogens with one attached hydrogen (secondary N) is 1. The van der Waals surface area contributed by atoms with Crippen LogP contribution in [0.5, 0.6) is 11.5 Å². The molecule has 0 aromatic heterocycles. The van der Waals surface area contributed by atoms with Gasteiger partial charge in [-0.15, -0.1) is 0 Å². The second kappa shape index (κ2) is 6.28. The number of ether oxygens (including phenoxy) is 1. The zero-order chi connectivity index (χ0) is 15.5. The van der Waals surface area contributed by atoms with Gasteiger partial charge in [-0.25, -0.2) is 8.42 Å². The molecule has 0 atom stereocenters. The van der Waals surface area contributed by atoms with Gasteiger partial charge in [-0.3, -0.25) is 0 Å². The highest BCUT2D eigenvalue weighted by atomic mass is 32.2. The van der Waals surface area contributed by atoms with E-state index in [4.69, 9.17) is 4.74 Å². The van der Waals surface area contributed by atoms with Crippen LogP contribution in [0.2, 0.25) is 0 Å². The molecule has 0 aliphatic rings. The molecular formula is C16H19NO3S. The van der Waals surface area contributed by atoms with Gasteiger partial charge < -0.3 is 10.1 Å². The van der Waals surface area contributed by atoms with Crippen molar-refractivity contribution < 1.29 is 13.2 Å². The Hall–Kier alpha value is -1.85. The lowest BCUT2D eigenvalue weighted by molar-refractivity contribution is 0.473. The van der Waals surface area contributed by atoms with Gasteiger partial charge in [0, 0.05) is 18.4 Å². The Labute approximate surface area is 125 Å². The average Bonchev–Trinajstić information content (AvgIpc) is 2.42. The predicted octanol–water partition coefficient (Wildman–Crippen LogP) is 2.91. The van der Waals surface area contributed by atoms with E-state index in [0.717, 1.165) is 11.3 Å². The number of hydrogen-bond donors (Lipinski definition) is 1. The molecule has 0 heterocycles. The maximum atomic E-state index is 11.4. The van der Waals surface area contributed by atoms with Crippen molar-refractivity contribution >= 4 is 9.84 Å². The van der Waals surface area contributed by atoms with Crippen LogP contribution in [-0.2, 0) is 16.4 Å². The molecule has 0 bridgehead atoms. The van der Waals surface area contributed by atoms with Crippen LogP contribution in [0.3, 0.4) is 0 Å². The molecule has 4 nitrogen and oxygen atoms in total. The number of hydrogen-bond acceptors (Lipinski definition) is 4. The van der Waals surface area contributed by atoms with Crippen LogP contribution in [0.4, 0.5) is 0 Å². The third kappa shape index (κ3) is 4.06. The van der Waals surface area contributed by atoms with Crippen LogP contribution in [0.15, 0.2) is 47.4 Å². The molecule has 0 unspecified atom stereocenters. The molecule has 5 heteroatoms. The van der Waals surface area contributed by atoms with E-state index in [1.54, 1.807) is 24.3 Å². The van der Waals surface area contributed by atoms with Gasteiger partial charge in [0.15, 0.2) is 9.84 Å². The van der Waals surface area contributed by atoms with Gasteiger partial charge in [0.05, 0.1) is 4.90 Å². The molecule has 2 aromatic carbocycles. The molecule has 0 aliphatic carbocycles. The summed E-state index contributed by atoms with van der Waals surface area (Å²) in [4.78, 5) is 0.286. The molecule has 2 aromatic rings. The highest BCUT2D eigenvalue weighted by Gasteiger charge is 2.08. The van der Waals surface area contributed by atoms with E-state index < -0.39 is 9.84 Å². The summed E-state index contributed by atoms with van der Waals surface area (Å²) in [7, 11) is -1.30. The first-order chi connectivity index (χ1) is 9.90.